The smallest absolute Gasteiger partial charge is 0.259 e. The average Bonchev–Trinajstić information content (AvgIpc) is 2.85. The minimum atomic E-state index is -0.656. The van der Waals surface area contributed by atoms with Gasteiger partial charge in [-0.2, -0.15) is 5.26 Å². The van der Waals surface area contributed by atoms with Gasteiger partial charge >= 0.3 is 0 Å². The second kappa shape index (κ2) is 9.07. The number of Topliss-reactive ketones (excluding diaryl/α,β-unsaturated/α-hetero) is 1. The van der Waals surface area contributed by atoms with Crippen molar-refractivity contribution in [2.24, 2.45) is 11.3 Å². The third kappa shape index (κ3) is 4.12. The van der Waals surface area contributed by atoms with Crippen molar-refractivity contribution in [3.63, 3.8) is 0 Å². The number of allylic oxidation sites excluding steroid dienone is 2. The number of carbonyl (C=O) groups is 2. The standard InChI is InChI=1S/C29H30N2O4/c1-6-13-35-21-10-8-20(9-11-21)31-27(33)22-14-18-7-12-25-28(2,3)26(32)19(17-30)16-29(25,4)23(18)15-24(22)34-5/h6,8-11,14-16,25H,1,7,12-13H2,2-5H3,(H,31,33)/t25-,29+/m0/s1. The molecular weight excluding hydrogens is 440 g/mol. The number of aryl methyl sites for hydroxylation is 1. The average molecular weight is 471 g/mol. The van der Waals surface area contributed by atoms with Gasteiger partial charge in [-0.1, -0.05) is 39.5 Å². The van der Waals surface area contributed by atoms with E-state index in [1.54, 1.807) is 30.3 Å². The van der Waals surface area contributed by atoms with Crippen molar-refractivity contribution in [2.75, 3.05) is 19.0 Å². The Morgan fingerprint density at radius 1 is 1.26 bits per heavy atom. The number of nitriles is 1. The van der Waals surface area contributed by atoms with E-state index in [1.807, 2.05) is 32.1 Å². The maximum Gasteiger partial charge on any atom is 0.259 e. The Bertz CT molecular complexity index is 1270. The van der Waals surface area contributed by atoms with Gasteiger partial charge in [-0.15, -0.1) is 0 Å². The van der Waals surface area contributed by atoms with Crippen LogP contribution in [-0.4, -0.2) is 25.4 Å². The van der Waals surface area contributed by atoms with Crippen LogP contribution in [0.15, 0.2) is 60.7 Å². The fraction of sp³-hybridized carbons (Fsp3) is 0.345. The van der Waals surface area contributed by atoms with Crippen molar-refractivity contribution in [1.29, 1.82) is 5.26 Å². The monoisotopic (exact) mass is 470 g/mol. The zero-order chi connectivity index (χ0) is 25.4. The second-order valence-corrected chi connectivity index (χ2v) is 9.88. The summed E-state index contributed by atoms with van der Waals surface area (Å²) < 4.78 is 11.1. The Morgan fingerprint density at radius 3 is 2.60 bits per heavy atom. The van der Waals surface area contributed by atoms with Crippen LogP contribution in [0.5, 0.6) is 11.5 Å². The molecule has 6 nitrogen and oxygen atoms in total. The van der Waals surface area contributed by atoms with Gasteiger partial charge in [0.1, 0.15) is 24.2 Å². The Balaban J connectivity index is 1.69. The molecule has 180 valence electrons. The van der Waals surface area contributed by atoms with E-state index in [0.717, 1.165) is 24.0 Å². The normalized spacial score (nSPS) is 22.1. The summed E-state index contributed by atoms with van der Waals surface area (Å²) in [5.41, 5.74) is 2.14. The van der Waals surface area contributed by atoms with Gasteiger partial charge in [-0.3, -0.25) is 9.59 Å². The van der Waals surface area contributed by atoms with E-state index in [4.69, 9.17) is 9.47 Å². The number of rotatable bonds is 6. The third-order valence-corrected chi connectivity index (χ3v) is 7.42. The maximum absolute atomic E-state index is 13.2. The number of hydrogen-bond acceptors (Lipinski definition) is 5. The summed E-state index contributed by atoms with van der Waals surface area (Å²) in [5, 5.41) is 12.6. The summed E-state index contributed by atoms with van der Waals surface area (Å²) in [6.07, 6.45) is 5.01. The van der Waals surface area contributed by atoms with E-state index >= 15 is 0 Å². The number of amides is 1. The molecule has 0 saturated heterocycles. The summed E-state index contributed by atoms with van der Waals surface area (Å²) in [5.74, 6) is 0.809. The zero-order valence-electron chi connectivity index (χ0n) is 20.6. The fourth-order valence-corrected chi connectivity index (χ4v) is 5.70. The largest absolute Gasteiger partial charge is 0.496 e. The lowest BCUT2D eigenvalue weighted by Crippen LogP contribution is -2.51. The second-order valence-electron chi connectivity index (χ2n) is 9.88. The first-order valence-corrected chi connectivity index (χ1v) is 11.7. The lowest BCUT2D eigenvalue weighted by Gasteiger charge is -2.51. The van der Waals surface area contributed by atoms with Crippen molar-refractivity contribution in [3.05, 3.63) is 77.4 Å². The number of methoxy groups -OCH3 is 1. The molecule has 0 unspecified atom stereocenters. The molecule has 2 atom stereocenters. The van der Waals surface area contributed by atoms with Crippen LogP contribution in [0.1, 0.15) is 48.7 Å². The van der Waals surface area contributed by atoms with Crippen LogP contribution in [-0.2, 0) is 16.6 Å². The van der Waals surface area contributed by atoms with E-state index in [9.17, 15) is 14.9 Å². The predicted octanol–water partition coefficient (Wildman–Crippen LogP) is 5.39. The fourth-order valence-electron chi connectivity index (χ4n) is 5.70. The summed E-state index contributed by atoms with van der Waals surface area (Å²) in [7, 11) is 1.54. The minimum Gasteiger partial charge on any atom is -0.496 e. The van der Waals surface area contributed by atoms with E-state index in [0.29, 0.717) is 29.4 Å². The molecular formula is C29H30N2O4. The number of anilines is 1. The Hall–Kier alpha value is -3.85. The first-order valence-electron chi connectivity index (χ1n) is 11.7. The maximum atomic E-state index is 13.2. The molecule has 0 radical (unpaired) electrons. The molecule has 2 aromatic rings. The van der Waals surface area contributed by atoms with Crippen molar-refractivity contribution < 1.29 is 19.1 Å². The minimum absolute atomic E-state index is 0.0401. The topological polar surface area (TPSA) is 88.4 Å². The van der Waals surface area contributed by atoms with E-state index in [-0.39, 0.29) is 23.2 Å². The van der Waals surface area contributed by atoms with Gasteiger partial charge in [-0.25, -0.2) is 0 Å². The van der Waals surface area contributed by atoms with Crippen LogP contribution >= 0.6 is 0 Å². The van der Waals surface area contributed by atoms with Crippen molar-refractivity contribution in [3.8, 4) is 17.6 Å². The molecule has 0 bridgehead atoms. The molecule has 0 fully saturated rings. The summed E-state index contributed by atoms with van der Waals surface area (Å²) in [6.45, 7) is 9.98. The Labute approximate surface area is 206 Å². The molecule has 0 spiro atoms. The first-order chi connectivity index (χ1) is 16.6. The number of benzene rings is 2. The molecule has 1 N–H and O–H groups in total. The molecule has 0 heterocycles. The number of carbonyl (C=O) groups excluding carboxylic acids is 2. The highest BCUT2D eigenvalue weighted by molar-refractivity contribution is 6.07. The van der Waals surface area contributed by atoms with Crippen LogP contribution in [0.25, 0.3) is 0 Å². The number of nitrogens with zero attached hydrogens (tertiary/aromatic N) is 1. The lowest BCUT2D eigenvalue weighted by atomic mass is 9.51. The van der Waals surface area contributed by atoms with Crippen LogP contribution in [0.4, 0.5) is 5.69 Å². The van der Waals surface area contributed by atoms with Crippen LogP contribution in [0.2, 0.25) is 0 Å². The van der Waals surface area contributed by atoms with Gasteiger partial charge in [0.05, 0.1) is 18.2 Å². The van der Waals surface area contributed by atoms with Gasteiger partial charge in [0, 0.05) is 16.5 Å². The van der Waals surface area contributed by atoms with Crippen LogP contribution in [0, 0.1) is 22.7 Å². The summed E-state index contributed by atoms with van der Waals surface area (Å²) in [4.78, 5) is 26.1. The van der Waals surface area contributed by atoms with Crippen LogP contribution < -0.4 is 14.8 Å². The zero-order valence-corrected chi connectivity index (χ0v) is 20.6. The van der Waals surface area contributed by atoms with Crippen molar-refractivity contribution >= 4 is 17.4 Å². The van der Waals surface area contributed by atoms with Gasteiger partial charge in [0.2, 0.25) is 0 Å². The molecule has 35 heavy (non-hydrogen) atoms. The summed E-state index contributed by atoms with van der Waals surface area (Å²) in [6, 6.07) is 13.0. The summed E-state index contributed by atoms with van der Waals surface area (Å²) >= 11 is 0. The Kier molecular flexibility index (Phi) is 6.29. The van der Waals surface area contributed by atoms with Crippen LogP contribution in [0.3, 0.4) is 0 Å². The number of hydrogen-bond donors (Lipinski definition) is 1. The van der Waals surface area contributed by atoms with Gasteiger partial charge in [0.15, 0.2) is 5.78 Å². The first kappa shape index (κ1) is 24.3. The van der Waals surface area contributed by atoms with Crippen molar-refractivity contribution in [1.82, 2.24) is 0 Å². The molecule has 1 amide bonds. The highest BCUT2D eigenvalue weighted by atomic mass is 16.5. The van der Waals surface area contributed by atoms with E-state index in [1.165, 1.54) is 7.11 Å². The molecule has 6 heteroatoms. The quantitative estimate of drug-likeness (QED) is 0.572. The number of nitrogens with one attached hydrogen (secondary N) is 1. The number of ether oxygens (including phenoxy) is 2. The highest BCUT2D eigenvalue weighted by Gasteiger charge is 2.54. The van der Waals surface area contributed by atoms with Crippen molar-refractivity contribution in [2.45, 2.75) is 39.0 Å². The number of fused-ring (bicyclic) bond motifs is 3. The molecule has 2 aliphatic rings. The molecule has 0 saturated carbocycles. The van der Waals surface area contributed by atoms with E-state index in [2.05, 4.69) is 24.9 Å². The van der Waals surface area contributed by atoms with Gasteiger partial charge in [0.25, 0.3) is 5.91 Å². The molecule has 0 aliphatic heterocycles. The Morgan fingerprint density at radius 2 is 1.97 bits per heavy atom. The van der Waals surface area contributed by atoms with E-state index < -0.39 is 10.8 Å². The van der Waals surface area contributed by atoms with Gasteiger partial charge < -0.3 is 14.8 Å². The third-order valence-electron chi connectivity index (χ3n) is 7.42. The SMILES string of the molecule is C=CCOc1ccc(NC(=O)c2cc3c(cc2OC)[C@@]2(C)C=C(C#N)C(=O)C(C)(C)[C@@H]2CC3)cc1. The van der Waals surface area contributed by atoms with Gasteiger partial charge in [-0.05, 0) is 66.3 Å². The highest BCUT2D eigenvalue weighted by Crippen LogP contribution is 2.55. The molecule has 2 aliphatic carbocycles. The lowest BCUT2D eigenvalue weighted by molar-refractivity contribution is -0.128. The number of ketones is 1. The molecule has 4 rings (SSSR count). The molecule has 0 aromatic heterocycles. The predicted molar refractivity (Wildman–Crippen MR) is 135 cm³/mol. The molecule has 2 aromatic carbocycles.